The Morgan fingerprint density at radius 1 is 1.32 bits per heavy atom. The topological polar surface area (TPSA) is 34.1 Å². The number of aromatic nitrogens is 1. The Balaban J connectivity index is 1.73. The predicted octanol–water partition coefficient (Wildman–Crippen LogP) is 3.19. The number of benzene rings is 1. The number of hydrogen-bond acceptors (Lipinski definition) is 3. The standard InChI is InChI=1S/C18H21FN2O/c1-13-10-14(19)5-6-16(13)17-11-20-9-7-18(17)22-12-15-4-2-3-8-21-15/h2-6,8,10,17-18,20H,7,9,11-12H2,1H3. The molecule has 2 unspecified atom stereocenters. The van der Waals surface area contributed by atoms with Crippen LogP contribution in [0.5, 0.6) is 0 Å². The van der Waals surface area contributed by atoms with Crippen molar-refractivity contribution in [1.29, 1.82) is 0 Å². The van der Waals surface area contributed by atoms with Gasteiger partial charge in [-0.15, -0.1) is 0 Å². The van der Waals surface area contributed by atoms with Gasteiger partial charge in [0.15, 0.2) is 0 Å². The third-order valence-electron chi connectivity index (χ3n) is 4.22. The fraction of sp³-hybridized carbons (Fsp3) is 0.389. The van der Waals surface area contributed by atoms with Gasteiger partial charge in [-0.05, 0) is 55.3 Å². The van der Waals surface area contributed by atoms with Gasteiger partial charge in [0, 0.05) is 18.7 Å². The quantitative estimate of drug-likeness (QED) is 0.941. The first kappa shape index (κ1) is 15.1. The zero-order chi connectivity index (χ0) is 15.4. The second kappa shape index (κ2) is 6.99. The smallest absolute Gasteiger partial charge is 0.123 e. The molecule has 0 aliphatic carbocycles. The van der Waals surface area contributed by atoms with Gasteiger partial charge in [0.05, 0.1) is 18.4 Å². The van der Waals surface area contributed by atoms with Gasteiger partial charge in [-0.1, -0.05) is 12.1 Å². The van der Waals surface area contributed by atoms with E-state index in [-0.39, 0.29) is 17.8 Å². The van der Waals surface area contributed by atoms with Crippen LogP contribution in [0.15, 0.2) is 42.6 Å². The lowest BCUT2D eigenvalue weighted by Gasteiger charge is -2.33. The van der Waals surface area contributed by atoms with E-state index in [4.69, 9.17) is 4.74 Å². The molecule has 2 atom stereocenters. The van der Waals surface area contributed by atoms with E-state index in [1.165, 1.54) is 11.6 Å². The molecule has 3 rings (SSSR count). The Kier molecular flexibility index (Phi) is 4.80. The van der Waals surface area contributed by atoms with Crippen LogP contribution >= 0.6 is 0 Å². The third kappa shape index (κ3) is 3.51. The van der Waals surface area contributed by atoms with Gasteiger partial charge in [0.25, 0.3) is 0 Å². The van der Waals surface area contributed by atoms with Crippen molar-refractivity contribution in [3.63, 3.8) is 0 Å². The minimum absolute atomic E-state index is 0.132. The first-order chi connectivity index (χ1) is 10.7. The van der Waals surface area contributed by atoms with Gasteiger partial charge < -0.3 is 10.1 Å². The van der Waals surface area contributed by atoms with Crippen molar-refractivity contribution in [2.75, 3.05) is 13.1 Å². The summed E-state index contributed by atoms with van der Waals surface area (Å²) in [5.74, 6) is 0.0639. The molecule has 4 heteroatoms. The van der Waals surface area contributed by atoms with E-state index in [2.05, 4.69) is 10.3 Å². The van der Waals surface area contributed by atoms with Crippen molar-refractivity contribution in [2.24, 2.45) is 0 Å². The maximum Gasteiger partial charge on any atom is 0.123 e. The first-order valence-electron chi connectivity index (χ1n) is 7.72. The van der Waals surface area contributed by atoms with Crippen molar-refractivity contribution in [1.82, 2.24) is 10.3 Å². The maximum absolute atomic E-state index is 13.3. The summed E-state index contributed by atoms with van der Waals surface area (Å²) in [6.45, 7) is 4.29. The maximum atomic E-state index is 13.3. The van der Waals surface area contributed by atoms with Crippen LogP contribution in [0.2, 0.25) is 0 Å². The molecule has 0 radical (unpaired) electrons. The van der Waals surface area contributed by atoms with Gasteiger partial charge in [-0.25, -0.2) is 4.39 Å². The molecular formula is C18H21FN2O. The number of piperidine rings is 1. The fourth-order valence-electron chi connectivity index (χ4n) is 3.08. The van der Waals surface area contributed by atoms with Crippen LogP contribution in [0.4, 0.5) is 4.39 Å². The van der Waals surface area contributed by atoms with E-state index in [9.17, 15) is 4.39 Å². The SMILES string of the molecule is Cc1cc(F)ccc1C1CNCCC1OCc1ccccn1. The van der Waals surface area contributed by atoms with E-state index in [1.807, 2.05) is 31.2 Å². The minimum Gasteiger partial charge on any atom is -0.371 e. The number of hydrogen-bond donors (Lipinski definition) is 1. The highest BCUT2D eigenvalue weighted by molar-refractivity contribution is 5.31. The lowest BCUT2D eigenvalue weighted by Crippen LogP contribution is -2.40. The second-order valence-corrected chi connectivity index (χ2v) is 5.77. The summed E-state index contributed by atoms with van der Waals surface area (Å²) in [5, 5.41) is 3.41. The molecule has 0 saturated carbocycles. The van der Waals surface area contributed by atoms with Gasteiger partial charge >= 0.3 is 0 Å². The Morgan fingerprint density at radius 2 is 2.23 bits per heavy atom. The molecule has 1 aliphatic heterocycles. The molecule has 1 aromatic heterocycles. The van der Waals surface area contributed by atoms with Crippen molar-refractivity contribution >= 4 is 0 Å². The summed E-state index contributed by atoms with van der Waals surface area (Å²) in [7, 11) is 0. The molecule has 0 spiro atoms. The van der Waals surface area contributed by atoms with Crippen LogP contribution in [0.3, 0.4) is 0 Å². The molecule has 2 heterocycles. The predicted molar refractivity (Wildman–Crippen MR) is 84.2 cm³/mol. The summed E-state index contributed by atoms with van der Waals surface area (Å²) < 4.78 is 19.5. The first-order valence-corrected chi connectivity index (χ1v) is 7.72. The summed E-state index contributed by atoms with van der Waals surface area (Å²) in [4.78, 5) is 4.30. The van der Waals surface area contributed by atoms with Gasteiger partial charge in [0.1, 0.15) is 5.82 Å². The summed E-state index contributed by atoms with van der Waals surface area (Å²) in [5.41, 5.74) is 3.09. The molecule has 1 fully saturated rings. The highest BCUT2D eigenvalue weighted by Gasteiger charge is 2.28. The van der Waals surface area contributed by atoms with E-state index >= 15 is 0 Å². The van der Waals surface area contributed by atoms with Crippen LogP contribution in [0, 0.1) is 12.7 Å². The number of rotatable bonds is 4. The molecule has 1 saturated heterocycles. The van der Waals surface area contributed by atoms with Crippen molar-refractivity contribution in [3.8, 4) is 0 Å². The van der Waals surface area contributed by atoms with Gasteiger partial charge in [-0.3, -0.25) is 4.98 Å². The fourth-order valence-corrected chi connectivity index (χ4v) is 3.08. The number of halogens is 1. The second-order valence-electron chi connectivity index (χ2n) is 5.77. The number of nitrogens with one attached hydrogen (secondary N) is 1. The molecule has 22 heavy (non-hydrogen) atoms. The summed E-state index contributed by atoms with van der Waals surface area (Å²) in [6.07, 6.45) is 2.87. The van der Waals surface area contributed by atoms with Gasteiger partial charge in [-0.2, -0.15) is 0 Å². The van der Waals surface area contributed by atoms with Crippen LogP contribution in [-0.2, 0) is 11.3 Å². The molecule has 1 aromatic carbocycles. The minimum atomic E-state index is -0.184. The average Bonchev–Trinajstić information content (AvgIpc) is 2.54. The zero-order valence-electron chi connectivity index (χ0n) is 12.8. The average molecular weight is 300 g/mol. The van der Waals surface area contributed by atoms with E-state index in [1.54, 1.807) is 12.3 Å². The number of aryl methyl sites for hydroxylation is 1. The summed E-state index contributed by atoms with van der Waals surface area (Å²) in [6, 6.07) is 10.9. The highest BCUT2D eigenvalue weighted by atomic mass is 19.1. The monoisotopic (exact) mass is 300 g/mol. The third-order valence-corrected chi connectivity index (χ3v) is 4.22. The Bertz CT molecular complexity index is 618. The van der Waals surface area contributed by atoms with Crippen molar-refractivity contribution < 1.29 is 9.13 Å². The molecule has 0 amide bonds. The number of nitrogens with zero attached hydrogens (tertiary/aromatic N) is 1. The summed E-state index contributed by atoms with van der Waals surface area (Å²) >= 11 is 0. The molecule has 2 aromatic rings. The molecule has 116 valence electrons. The number of ether oxygens (including phenoxy) is 1. The van der Waals surface area contributed by atoms with E-state index in [0.717, 1.165) is 30.8 Å². The van der Waals surface area contributed by atoms with E-state index in [0.29, 0.717) is 6.61 Å². The molecule has 1 N–H and O–H groups in total. The number of pyridine rings is 1. The zero-order valence-corrected chi connectivity index (χ0v) is 12.8. The van der Waals surface area contributed by atoms with Crippen LogP contribution in [0.25, 0.3) is 0 Å². The Morgan fingerprint density at radius 3 is 3.00 bits per heavy atom. The van der Waals surface area contributed by atoms with Gasteiger partial charge in [0.2, 0.25) is 0 Å². The lowest BCUT2D eigenvalue weighted by atomic mass is 9.86. The highest BCUT2D eigenvalue weighted by Crippen LogP contribution is 2.29. The largest absolute Gasteiger partial charge is 0.371 e. The van der Waals surface area contributed by atoms with Crippen LogP contribution in [0.1, 0.15) is 29.2 Å². The lowest BCUT2D eigenvalue weighted by molar-refractivity contribution is 0.00527. The van der Waals surface area contributed by atoms with Crippen LogP contribution < -0.4 is 5.32 Å². The molecule has 1 aliphatic rings. The Labute approximate surface area is 130 Å². The molecule has 0 bridgehead atoms. The molecule has 3 nitrogen and oxygen atoms in total. The molecular weight excluding hydrogens is 279 g/mol. The van der Waals surface area contributed by atoms with Crippen molar-refractivity contribution in [2.45, 2.75) is 32.0 Å². The van der Waals surface area contributed by atoms with Crippen molar-refractivity contribution in [3.05, 3.63) is 65.2 Å². The Hall–Kier alpha value is -1.78. The van der Waals surface area contributed by atoms with Crippen LogP contribution in [-0.4, -0.2) is 24.2 Å². The normalized spacial score (nSPS) is 21.7. The van der Waals surface area contributed by atoms with E-state index < -0.39 is 0 Å².